The van der Waals surface area contributed by atoms with Gasteiger partial charge in [0, 0.05) is 12.6 Å². The number of carbonyl (C=O) groups is 1. The number of halogens is 1. The van der Waals surface area contributed by atoms with E-state index in [-0.39, 0.29) is 5.91 Å². The van der Waals surface area contributed by atoms with Crippen LogP contribution in [0.4, 0.5) is 0 Å². The molecule has 4 nitrogen and oxygen atoms in total. The Morgan fingerprint density at radius 1 is 1.30 bits per heavy atom. The second-order valence-electron chi connectivity index (χ2n) is 5.87. The fraction of sp³-hybridized carbons (Fsp3) is 0.467. The van der Waals surface area contributed by atoms with Crippen LogP contribution < -0.4 is 5.32 Å². The third kappa shape index (κ3) is 3.58. The lowest BCUT2D eigenvalue weighted by molar-refractivity contribution is 0.0622. The van der Waals surface area contributed by atoms with Crippen LogP contribution in [0.3, 0.4) is 0 Å². The first-order valence-corrected chi connectivity index (χ1v) is 10.4. The van der Waals surface area contributed by atoms with Crippen LogP contribution in [0, 0.1) is 5.92 Å². The first kappa shape index (κ1) is 15.9. The van der Waals surface area contributed by atoms with Crippen LogP contribution in [0.15, 0.2) is 26.7 Å². The number of nitrogens with one attached hydrogen (secondary N) is 1. The molecular formula is C15H16ClN3OS3. The molecule has 2 bridgehead atoms. The molecular weight excluding hydrogens is 370 g/mol. The number of amides is 1. The van der Waals surface area contributed by atoms with Gasteiger partial charge in [0.05, 0.1) is 19.5 Å². The molecule has 8 heteroatoms. The van der Waals surface area contributed by atoms with Crippen LogP contribution in [-0.2, 0) is 0 Å². The molecule has 5 rings (SSSR count). The minimum Gasteiger partial charge on any atom is -0.347 e. The van der Waals surface area contributed by atoms with E-state index in [9.17, 15) is 4.79 Å². The Morgan fingerprint density at radius 3 is 2.78 bits per heavy atom. The number of fused-ring (bicyclic) bond motifs is 3. The Hall–Kier alpha value is -0.600. The molecule has 0 radical (unpaired) electrons. The zero-order chi connectivity index (χ0) is 15.8. The predicted molar refractivity (Wildman–Crippen MR) is 96.0 cm³/mol. The number of nitrogens with zero attached hydrogens (tertiary/aromatic N) is 2. The number of hydrogen-bond donors (Lipinski definition) is 1. The van der Waals surface area contributed by atoms with E-state index in [0.717, 1.165) is 19.8 Å². The molecule has 5 heterocycles. The van der Waals surface area contributed by atoms with Gasteiger partial charge in [-0.15, -0.1) is 11.3 Å². The van der Waals surface area contributed by atoms with Crippen molar-refractivity contribution in [2.45, 2.75) is 27.3 Å². The first-order chi connectivity index (χ1) is 11.2. The fourth-order valence-corrected chi connectivity index (χ4v) is 6.68. The molecule has 1 atom stereocenters. The second-order valence-corrected chi connectivity index (χ2v) is 10.2. The average molecular weight is 386 g/mol. The largest absolute Gasteiger partial charge is 0.347 e. The van der Waals surface area contributed by atoms with Crippen LogP contribution in [0.2, 0.25) is 4.47 Å². The molecule has 0 saturated carbocycles. The van der Waals surface area contributed by atoms with E-state index in [1.165, 1.54) is 48.6 Å². The number of aromatic nitrogens is 1. The molecule has 2 aromatic rings. The summed E-state index contributed by atoms with van der Waals surface area (Å²) in [5.41, 5.74) is 0. The average Bonchev–Trinajstić information content (AvgIpc) is 3.18. The Balaban J connectivity index is 1.39. The quantitative estimate of drug-likeness (QED) is 0.868. The number of carbonyl (C=O) groups excluding carboxylic acids is 1. The molecule has 0 aromatic carbocycles. The molecule has 3 saturated heterocycles. The number of thiophene rings is 1. The van der Waals surface area contributed by atoms with Gasteiger partial charge < -0.3 is 10.2 Å². The van der Waals surface area contributed by atoms with Crippen molar-refractivity contribution in [3.05, 3.63) is 27.7 Å². The number of hydrogen-bond acceptors (Lipinski definition) is 6. The van der Waals surface area contributed by atoms with E-state index in [1.807, 2.05) is 12.1 Å². The van der Waals surface area contributed by atoms with Crippen molar-refractivity contribution in [2.75, 3.05) is 19.6 Å². The molecule has 3 aliphatic rings. The maximum absolute atomic E-state index is 12.5. The minimum absolute atomic E-state index is 0.0583. The summed E-state index contributed by atoms with van der Waals surface area (Å²) in [6, 6.07) is 4.21. The van der Waals surface area contributed by atoms with Crippen LogP contribution in [-0.4, -0.2) is 41.5 Å². The van der Waals surface area contributed by atoms with Crippen molar-refractivity contribution in [1.29, 1.82) is 0 Å². The van der Waals surface area contributed by atoms with Gasteiger partial charge in [-0.2, -0.15) is 0 Å². The highest BCUT2D eigenvalue weighted by atomic mass is 35.5. The number of thiazole rings is 1. The molecule has 0 spiro atoms. The highest BCUT2D eigenvalue weighted by Gasteiger charge is 2.35. The molecule has 3 fully saturated rings. The van der Waals surface area contributed by atoms with Crippen molar-refractivity contribution in [3.63, 3.8) is 0 Å². The van der Waals surface area contributed by atoms with Crippen molar-refractivity contribution in [2.24, 2.45) is 5.92 Å². The van der Waals surface area contributed by atoms with Crippen LogP contribution in [0.1, 0.15) is 22.5 Å². The monoisotopic (exact) mass is 385 g/mol. The molecule has 1 amide bonds. The van der Waals surface area contributed by atoms with Gasteiger partial charge in [-0.1, -0.05) is 34.7 Å². The van der Waals surface area contributed by atoms with Gasteiger partial charge >= 0.3 is 0 Å². The molecule has 122 valence electrons. The van der Waals surface area contributed by atoms with Gasteiger partial charge in [0.1, 0.15) is 0 Å². The van der Waals surface area contributed by atoms with Gasteiger partial charge in [0.25, 0.3) is 5.91 Å². The summed E-state index contributed by atoms with van der Waals surface area (Å²) in [4.78, 5) is 19.8. The first-order valence-electron chi connectivity index (χ1n) is 7.59. The van der Waals surface area contributed by atoms with Crippen molar-refractivity contribution < 1.29 is 4.79 Å². The molecule has 1 unspecified atom stereocenters. The smallest absolute Gasteiger partial charge is 0.261 e. The normalized spacial score (nSPS) is 26.4. The zero-order valence-corrected chi connectivity index (χ0v) is 15.5. The molecule has 0 aliphatic carbocycles. The SMILES string of the molecule is O=C(NC1CN2CCC1CC2)c1ccc(Sc2cnc(Cl)s2)s1. The highest BCUT2D eigenvalue weighted by Crippen LogP contribution is 2.37. The van der Waals surface area contributed by atoms with Gasteiger partial charge in [-0.3, -0.25) is 4.79 Å². The summed E-state index contributed by atoms with van der Waals surface area (Å²) >= 11 is 10.4. The van der Waals surface area contributed by atoms with E-state index in [4.69, 9.17) is 11.6 Å². The maximum atomic E-state index is 12.5. The van der Waals surface area contributed by atoms with Crippen molar-refractivity contribution in [3.8, 4) is 0 Å². The van der Waals surface area contributed by atoms with Crippen LogP contribution in [0.25, 0.3) is 0 Å². The van der Waals surface area contributed by atoms with Gasteiger partial charge in [-0.05, 0) is 44.0 Å². The standard InChI is InChI=1S/C15H16ClN3OS3/c16-15-17-7-13(23-15)22-12-2-1-11(21-12)14(20)18-10-8-19-5-3-9(10)4-6-19/h1-2,7,9-10H,3-6,8H2,(H,18,20). The zero-order valence-electron chi connectivity index (χ0n) is 12.3. The number of piperidine rings is 3. The summed E-state index contributed by atoms with van der Waals surface area (Å²) in [6.07, 6.45) is 4.19. The highest BCUT2D eigenvalue weighted by molar-refractivity contribution is 8.02. The van der Waals surface area contributed by atoms with E-state index >= 15 is 0 Å². The molecule has 1 N–H and O–H groups in total. The summed E-state index contributed by atoms with van der Waals surface area (Å²) in [5, 5.41) is 3.24. The molecule has 23 heavy (non-hydrogen) atoms. The minimum atomic E-state index is 0.0583. The Morgan fingerprint density at radius 2 is 2.13 bits per heavy atom. The third-order valence-corrected chi connectivity index (χ3v) is 7.87. The van der Waals surface area contributed by atoms with Gasteiger partial charge in [0.15, 0.2) is 4.47 Å². The van der Waals surface area contributed by atoms with E-state index < -0.39 is 0 Å². The predicted octanol–water partition coefficient (Wildman–Crippen LogP) is 3.83. The lowest BCUT2D eigenvalue weighted by Crippen LogP contribution is -2.57. The Bertz CT molecular complexity index is 708. The Labute approximate surface area is 152 Å². The van der Waals surface area contributed by atoms with E-state index in [0.29, 0.717) is 16.4 Å². The summed E-state index contributed by atoms with van der Waals surface area (Å²) in [6.45, 7) is 3.38. The lowest BCUT2D eigenvalue weighted by Gasteiger charge is -2.44. The number of rotatable bonds is 4. The fourth-order valence-electron chi connectivity index (χ4n) is 3.25. The lowest BCUT2D eigenvalue weighted by atomic mass is 9.84. The van der Waals surface area contributed by atoms with Crippen LogP contribution in [0.5, 0.6) is 0 Å². The van der Waals surface area contributed by atoms with E-state index in [1.54, 1.807) is 18.0 Å². The van der Waals surface area contributed by atoms with Gasteiger partial charge in [0.2, 0.25) is 0 Å². The summed E-state index contributed by atoms with van der Waals surface area (Å²) in [5.74, 6) is 0.708. The third-order valence-electron chi connectivity index (χ3n) is 4.44. The maximum Gasteiger partial charge on any atom is 0.261 e. The van der Waals surface area contributed by atoms with Crippen molar-refractivity contribution in [1.82, 2.24) is 15.2 Å². The summed E-state index contributed by atoms with van der Waals surface area (Å²) < 4.78 is 2.68. The molecule has 2 aromatic heterocycles. The topological polar surface area (TPSA) is 45.2 Å². The van der Waals surface area contributed by atoms with Crippen molar-refractivity contribution >= 4 is 51.9 Å². The summed E-state index contributed by atoms with van der Waals surface area (Å²) in [7, 11) is 0. The molecule has 3 aliphatic heterocycles. The van der Waals surface area contributed by atoms with Gasteiger partial charge in [-0.25, -0.2) is 4.98 Å². The Kier molecular flexibility index (Phi) is 4.65. The van der Waals surface area contributed by atoms with E-state index in [2.05, 4.69) is 15.2 Å². The second kappa shape index (κ2) is 6.72. The van der Waals surface area contributed by atoms with Crippen LogP contribution >= 0.6 is 46.0 Å².